The first-order chi connectivity index (χ1) is 14.4. The lowest BCUT2D eigenvalue weighted by atomic mass is 9.52. The van der Waals surface area contributed by atoms with Crippen molar-refractivity contribution in [3.63, 3.8) is 0 Å². The Labute approximate surface area is 177 Å². The Bertz CT molecular complexity index is 775. The molecule has 7 fully saturated rings. The van der Waals surface area contributed by atoms with Crippen molar-refractivity contribution in [1.29, 1.82) is 0 Å². The van der Waals surface area contributed by atoms with Crippen molar-refractivity contribution in [2.75, 3.05) is 13.2 Å². The van der Waals surface area contributed by atoms with E-state index in [4.69, 9.17) is 18.9 Å². The molecule has 6 heteroatoms. The van der Waals surface area contributed by atoms with Gasteiger partial charge < -0.3 is 18.9 Å². The van der Waals surface area contributed by atoms with Crippen LogP contribution in [0, 0.1) is 29.6 Å². The average molecular weight is 417 g/mol. The minimum atomic E-state index is -0.376. The fraction of sp³-hybridized carbons (Fsp3) is 0.833. The Hall–Kier alpha value is -1.40. The molecule has 0 aromatic rings. The van der Waals surface area contributed by atoms with Gasteiger partial charge >= 0.3 is 11.9 Å². The lowest BCUT2D eigenvalue weighted by molar-refractivity contribution is -0.235. The van der Waals surface area contributed by atoms with Gasteiger partial charge in [-0.2, -0.15) is 0 Å². The van der Waals surface area contributed by atoms with Crippen molar-refractivity contribution >= 4 is 11.9 Å². The van der Waals surface area contributed by atoms with Crippen LogP contribution in [0.25, 0.3) is 0 Å². The van der Waals surface area contributed by atoms with Gasteiger partial charge in [0.25, 0.3) is 0 Å². The molecule has 30 heavy (non-hydrogen) atoms. The van der Waals surface area contributed by atoms with Gasteiger partial charge in [-0.05, 0) is 69.6 Å². The maximum absolute atomic E-state index is 12.3. The Morgan fingerprint density at radius 1 is 1.10 bits per heavy atom. The topological polar surface area (TPSA) is 71.1 Å². The third kappa shape index (κ3) is 2.89. The monoisotopic (exact) mass is 416 g/mol. The highest BCUT2D eigenvalue weighted by Crippen LogP contribution is 2.60. The van der Waals surface area contributed by atoms with E-state index in [0.717, 1.165) is 44.9 Å². The SMILES string of the molecule is C=C(C)C(=O)OC12CC3CC(CC(OCCOC4C5CC6C(=O)OC4C6C5)(C3)C1)C2. The van der Waals surface area contributed by atoms with Gasteiger partial charge in [0, 0.05) is 17.9 Å². The molecule has 6 nitrogen and oxygen atoms in total. The van der Waals surface area contributed by atoms with Crippen LogP contribution in [0.2, 0.25) is 0 Å². The first kappa shape index (κ1) is 19.3. The molecular weight excluding hydrogens is 384 g/mol. The van der Waals surface area contributed by atoms with E-state index in [0.29, 0.717) is 42.5 Å². The molecule has 7 aliphatic rings. The Morgan fingerprint density at radius 3 is 2.57 bits per heavy atom. The van der Waals surface area contributed by atoms with Gasteiger partial charge in [0.1, 0.15) is 11.7 Å². The van der Waals surface area contributed by atoms with Crippen LogP contribution in [0.3, 0.4) is 0 Å². The summed E-state index contributed by atoms with van der Waals surface area (Å²) in [6.07, 6.45) is 8.07. The zero-order valence-electron chi connectivity index (χ0n) is 17.8. The van der Waals surface area contributed by atoms with Crippen LogP contribution in [0.1, 0.15) is 58.3 Å². The number of carbonyl (C=O) groups is 2. The van der Waals surface area contributed by atoms with E-state index >= 15 is 0 Å². The minimum absolute atomic E-state index is 0.0157. The molecule has 6 saturated carbocycles. The molecule has 164 valence electrons. The molecule has 0 aromatic heterocycles. The minimum Gasteiger partial charge on any atom is -0.459 e. The predicted molar refractivity (Wildman–Crippen MR) is 106 cm³/mol. The van der Waals surface area contributed by atoms with Crippen molar-refractivity contribution in [3.8, 4) is 0 Å². The molecule has 1 heterocycles. The summed E-state index contributed by atoms with van der Waals surface area (Å²) in [5.41, 5.74) is -0.101. The molecule has 0 N–H and O–H groups in total. The predicted octanol–water partition coefficient (Wildman–Crippen LogP) is 3.18. The molecule has 6 aliphatic carbocycles. The first-order valence-corrected chi connectivity index (χ1v) is 11.7. The van der Waals surface area contributed by atoms with Gasteiger partial charge in [-0.3, -0.25) is 4.79 Å². The first-order valence-electron chi connectivity index (χ1n) is 11.7. The van der Waals surface area contributed by atoms with E-state index in [1.54, 1.807) is 6.92 Å². The van der Waals surface area contributed by atoms with Crippen LogP contribution in [0.15, 0.2) is 12.2 Å². The normalized spacial score (nSPS) is 49.5. The third-order valence-electron chi connectivity index (χ3n) is 8.83. The van der Waals surface area contributed by atoms with Crippen LogP contribution in [0.5, 0.6) is 0 Å². The number of fused-ring (bicyclic) bond motifs is 1. The zero-order valence-corrected chi connectivity index (χ0v) is 17.8. The standard InChI is InChI=1S/C24H32O6/c1-13(2)21(25)30-24-10-14-5-15(11-24)9-23(8-14,12-24)28-4-3-27-19-16-6-17-18(7-16)22(26)29-20(17)19/h14-20H,1,3-12H2,2H3. The molecule has 0 radical (unpaired) electrons. The van der Waals surface area contributed by atoms with Crippen molar-refractivity contribution in [1.82, 2.24) is 0 Å². The number of ether oxygens (including phenoxy) is 4. The summed E-state index contributed by atoms with van der Waals surface area (Å²) in [7, 11) is 0. The van der Waals surface area contributed by atoms with Gasteiger partial charge in [0.15, 0.2) is 0 Å². The Balaban J connectivity index is 1.07. The molecule has 0 spiro atoms. The third-order valence-corrected chi connectivity index (χ3v) is 8.83. The zero-order chi connectivity index (χ0) is 20.7. The fourth-order valence-electron chi connectivity index (χ4n) is 8.24. The average Bonchev–Trinajstić information content (AvgIpc) is 3.28. The molecule has 7 rings (SSSR count). The number of hydrogen-bond donors (Lipinski definition) is 0. The van der Waals surface area contributed by atoms with Crippen molar-refractivity contribution in [2.24, 2.45) is 29.6 Å². The molecule has 7 unspecified atom stereocenters. The number of hydrogen-bond acceptors (Lipinski definition) is 6. The van der Waals surface area contributed by atoms with Crippen molar-refractivity contribution in [3.05, 3.63) is 12.2 Å². The van der Waals surface area contributed by atoms with Crippen LogP contribution in [-0.4, -0.2) is 48.6 Å². The van der Waals surface area contributed by atoms with E-state index in [1.807, 2.05) is 0 Å². The van der Waals surface area contributed by atoms with Gasteiger partial charge in [-0.1, -0.05) is 6.58 Å². The highest BCUT2D eigenvalue weighted by atomic mass is 16.6. The lowest BCUT2D eigenvalue weighted by Crippen LogP contribution is -2.61. The summed E-state index contributed by atoms with van der Waals surface area (Å²) in [5.74, 6) is 1.83. The Morgan fingerprint density at radius 2 is 1.83 bits per heavy atom. The van der Waals surface area contributed by atoms with E-state index in [2.05, 4.69) is 6.58 Å². The summed E-state index contributed by atoms with van der Waals surface area (Å²) >= 11 is 0. The van der Waals surface area contributed by atoms with Crippen LogP contribution < -0.4 is 0 Å². The molecule has 1 saturated heterocycles. The molecule has 0 amide bonds. The lowest BCUT2D eigenvalue weighted by Gasteiger charge is -2.60. The molecule has 6 bridgehead atoms. The number of rotatable bonds is 7. The maximum Gasteiger partial charge on any atom is 0.333 e. The quantitative estimate of drug-likeness (QED) is 0.361. The number of carbonyl (C=O) groups excluding carboxylic acids is 2. The van der Waals surface area contributed by atoms with E-state index in [-0.39, 0.29) is 41.3 Å². The van der Waals surface area contributed by atoms with Crippen molar-refractivity contribution in [2.45, 2.75) is 81.7 Å². The highest BCUT2D eigenvalue weighted by molar-refractivity contribution is 5.87. The van der Waals surface area contributed by atoms with Crippen LogP contribution in [0.4, 0.5) is 0 Å². The summed E-state index contributed by atoms with van der Waals surface area (Å²) < 4.78 is 24.3. The number of esters is 2. The summed E-state index contributed by atoms with van der Waals surface area (Å²) in [5, 5.41) is 0. The second kappa shape index (κ2) is 6.55. The summed E-state index contributed by atoms with van der Waals surface area (Å²) in [4.78, 5) is 24.2. The summed E-state index contributed by atoms with van der Waals surface area (Å²) in [6, 6.07) is 0. The summed E-state index contributed by atoms with van der Waals surface area (Å²) in [6.45, 7) is 6.54. The second-order valence-corrected chi connectivity index (χ2v) is 11.1. The molecular formula is C24H32O6. The van der Waals surface area contributed by atoms with Crippen LogP contribution >= 0.6 is 0 Å². The molecule has 0 aromatic carbocycles. The van der Waals surface area contributed by atoms with E-state index < -0.39 is 0 Å². The fourth-order valence-corrected chi connectivity index (χ4v) is 8.24. The van der Waals surface area contributed by atoms with Gasteiger partial charge in [0.05, 0.1) is 30.8 Å². The van der Waals surface area contributed by atoms with Gasteiger partial charge in [-0.15, -0.1) is 0 Å². The van der Waals surface area contributed by atoms with Crippen LogP contribution in [-0.2, 0) is 28.5 Å². The van der Waals surface area contributed by atoms with Crippen molar-refractivity contribution < 1.29 is 28.5 Å². The maximum atomic E-state index is 12.3. The van der Waals surface area contributed by atoms with Gasteiger partial charge in [0.2, 0.25) is 0 Å². The van der Waals surface area contributed by atoms with Gasteiger partial charge in [-0.25, -0.2) is 4.79 Å². The Kier molecular flexibility index (Phi) is 4.21. The molecule has 7 atom stereocenters. The molecule has 1 aliphatic heterocycles. The second-order valence-electron chi connectivity index (χ2n) is 11.1. The smallest absolute Gasteiger partial charge is 0.333 e. The largest absolute Gasteiger partial charge is 0.459 e. The van der Waals surface area contributed by atoms with E-state index in [1.165, 1.54) is 6.42 Å². The van der Waals surface area contributed by atoms with E-state index in [9.17, 15) is 9.59 Å². The highest BCUT2D eigenvalue weighted by Gasteiger charge is 2.63.